The molecule has 24 heavy (non-hydrogen) atoms. The maximum atomic E-state index is 6.24. The third kappa shape index (κ3) is 2.72. The first kappa shape index (κ1) is 16.0. The maximum absolute atomic E-state index is 6.24. The number of hydrogen-bond donors (Lipinski definition) is 0. The van der Waals surface area contributed by atoms with Gasteiger partial charge in [0.05, 0.1) is 11.8 Å². The lowest BCUT2D eigenvalue weighted by Crippen LogP contribution is -2.43. The van der Waals surface area contributed by atoms with Gasteiger partial charge in [-0.3, -0.25) is 0 Å². The van der Waals surface area contributed by atoms with Gasteiger partial charge in [-0.1, -0.05) is 53.5 Å². The Morgan fingerprint density at radius 2 is 1.96 bits per heavy atom. The summed E-state index contributed by atoms with van der Waals surface area (Å²) in [6.07, 6.45) is 0.825. The third-order valence-electron chi connectivity index (χ3n) is 4.53. The summed E-state index contributed by atoms with van der Waals surface area (Å²) in [4.78, 5) is 0. The van der Waals surface area contributed by atoms with E-state index < -0.39 is 0 Å². The number of halogens is 2. The van der Waals surface area contributed by atoms with Crippen LogP contribution in [0, 0.1) is 5.92 Å². The van der Waals surface area contributed by atoms with Crippen LogP contribution in [0.5, 0.6) is 5.75 Å². The zero-order chi connectivity index (χ0) is 16.8. The molecule has 4 rings (SSSR count). The monoisotopic (exact) mass is 404 g/mol. The van der Waals surface area contributed by atoms with Crippen molar-refractivity contribution in [3.8, 4) is 5.75 Å². The van der Waals surface area contributed by atoms with E-state index in [0.717, 1.165) is 32.9 Å². The third-order valence-corrected chi connectivity index (χ3v) is 5.27. The van der Waals surface area contributed by atoms with Gasteiger partial charge in [-0.05, 0) is 35.9 Å². The van der Waals surface area contributed by atoms with Crippen LogP contribution in [0.4, 0.5) is 0 Å². The highest BCUT2D eigenvalue weighted by Crippen LogP contribution is 2.45. The summed E-state index contributed by atoms with van der Waals surface area (Å²) in [5, 5.41) is 7.78. The Hall–Kier alpha value is -1.52. The summed E-state index contributed by atoms with van der Waals surface area (Å²) in [6.45, 7) is 4.34. The minimum absolute atomic E-state index is 0.0477. The normalized spacial score (nSPS) is 22.0. The molecule has 0 saturated carbocycles. The van der Waals surface area contributed by atoms with Crippen LogP contribution in [-0.2, 0) is 0 Å². The van der Waals surface area contributed by atoms with E-state index in [4.69, 9.17) is 21.4 Å². The molecule has 2 aliphatic heterocycles. The topological polar surface area (TPSA) is 24.8 Å². The molecule has 2 aliphatic rings. The lowest BCUT2D eigenvalue weighted by atomic mass is 9.95. The molecule has 124 valence electrons. The Bertz CT molecular complexity index is 804. The molecule has 2 aromatic rings. The minimum atomic E-state index is -0.0477. The summed E-state index contributed by atoms with van der Waals surface area (Å²) in [5.41, 5.74) is 3.39. The molecule has 5 heteroatoms. The van der Waals surface area contributed by atoms with E-state index in [0.29, 0.717) is 5.92 Å². The second-order valence-corrected chi connectivity index (χ2v) is 7.94. The van der Waals surface area contributed by atoms with Gasteiger partial charge in [-0.15, -0.1) is 0 Å². The van der Waals surface area contributed by atoms with Crippen LogP contribution in [0.1, 0.15) is 37.4 Å². The number of hydrogen-bond acceptors (Lipinski definition) is 3. The second kappa shape index (κ2) is 6.08. The van der Waals surface area contributed by atoms with Gasteiger partial charge in [-0.2, -0.15) is 5.10 Å². The van der Waals surface area contributed by atoms with Crippen LogP contribution >= 0.6 is 27.5 Å². The minimum Gasteiger partial charge on any atom is -0.468 e. The first-order valence-corrected chi connectivity index (χ1v) is 9.28. The summed E-state index contributed by atoms with van der Waals surface area (Å²) in [6, 6.07) is 14.3. The number of fused-ring (bicyclic) bond motifs is 3. The molecule has 2 aromatic carbocycles. The van der Waals surface area contributed by atoms with E-state index in [9.17, 15) is 0 Å². The molecule has 0 fully saturated rings. The lowest BCUT2D eigenvalue weighted by molar-refractivity contribution is -0.0461. The lowest BCUT2D eigenvalue weighted by Gasteiger charge is -2.40. The number of benzene rings is 2. The molecule has 2 heterocycles. The van der Waals surface area contributed by atoms with E-state index in [1.807, 2.05) is 36.4 Å². The smallest absolute Gasteiger partial charge is 0.190 e. The van der Waals surface area contributed by atoms with Crippen LogP contribution in [0.25, 0.3) is 0 Å². The Balaban J connectivity index is 1.75. The Labute approximate surface area is 155 Å². The number of rotatable bonds is 2. The fourth-order valence-electron chi connectivity index (χ4n) is 3.34. The zero-order valence-electron chi connectivity index (χ0n) is 13.5. The molecule has 0 unspecified atom stereocenters. The van der Waals surface area contributed by atoms with Gasteiger partial charge in [0.15, 0.2) is 6.23 Å². The summed E-state index contributed by atoms with van der Waals surface area (Å²) in [7, 11) is 0. The predicted molar refractivity (Wildman–Crippen MR) is 101 cm³/mol. The van der Waals surface area contributed by atoms with Crippen LogP contribution in [0.15, 0.2) is 52.0 Å². The highest BCUT2D eigenvalue weighted by molar-refractivity contribution is 9.10. The van der Waals surface area contributed by atoms with Gasteiger partial charge in [-0.25, -0.2) is 5.01 Å². The molecule has 0 aromatic heterocycles. The van der Waals surface area contributed by atoms with Crippen molar-refractivity contribution >= 4 is 33.2 Å². The van der Waals surface area contributed by atoms with Crippen LogP contribution in [-0.4, -0.2) is 16.9 Å². The largest absolute Gasteiger partial charge is 0.468 e. The first-order chi connectivity index (χ1) is 11.5. The molecule has 0 radical (unpaired) electrons. The average molecular weight is 406 g/mol. The van der Waals surface area contributed by atoms with Crippen molar-refractivity contribution < 1.29 is 4.74 Å². The van der Waals surface area contributed by atoms with Crippen LogP contribution in [0.3, 0.4) is 0 Å². The van der Waals surface area contributed by atoms with Gasteiger partial charge >= 0.3 is 0 Å². The molecule has 0 aliphatic carbocycles. The van der Waals surface area contributed by atoms with E-state index in [1.165, 1.54) is 5.56 Å². The molecule has 0 spiro atoms. The van der Waals surface area contributed by atoms with Crippen molar-refractivity contribution in [2.75, 3.05) is 0 Å². The summed E-state index contributed by atoms with van der Waals surface area (Å²) >= 11 is 9.59. The van der Waals surface area contributed by atoms with Gasteiger partial charge in [0.2, 0.25) is 0 Å². The molecule has 3 nitrogen and oxygen atoms in total. The maximum Gasteiger partial charge on any atom is 0.190 e. The predicted octanol–water partition coefficient (Wildman–Crippen LogP) is 5.63. The summed E-state index contributed by atoms with van der Waals surface area (Å²) in [5.74, 6) is 1.31. The Kier molecular flexibility index (Phi) is 4.05. The first-order valence-electron chi connectivity index (χ1n) is 8.11. The fraction of sp³-hybridized carbons (Fsp3) is 0.316. The number of hydrazone groups is 1. The molecule has 0 bridgehead atoms. The van der Waals surface area contributed by atoms with Crippen LogP contribution < -0.4 is 4.74 Å². The van der Waals surface area contributed by atoms with Crippen molar-refractivity contribution in [2.45, 2.75) is 32.5 Å². The molecule has 0 amide bonds. The number of ether oxygens (including phenoxy) is 1. The molecule has 2 atom stereocenters. The number of nitrogens with zero attached hydrogens (tertiary/aromatic N) is 2. The second-order valence-electron chi connectivity index (χ2n) is 6.59. The van der Waals surface area contributed by atoms with E-state index in [1.54, 1.807) is 0 Å². The fourth-order valence-corrected chi connectivity index (χ4v) is 3.85. The van der Waals surface area contributed by atoms with Crippen molar-refractivity contribution in [2.24, 2.45) is 11.0 Å². The van der Waals surface area contributed by atoms with Crippen molar-refractivity contribution in [1.29, 1.82) is 0 Å². The Morgan fingerprint density at radius 3 is 2.67 bits per heavy atom. The van der Waals surface area contributed by atoms with Crippen LogP contribution in [0.2, 0.25) is 5.02 Å². The van der Waals surface area contributed by atoms with Crippen molar-refractivity contribution in [1.82, 2.24) is 5.01 Å². The summed E-state index contributed by atoms with van der Waals surface area (Å²) < 4.78 is 7.31. The molecular weight excluding hydrogens is 388 g/mol. The van der Waals surface area contributed by atoms with Crippen molar-refractivity contribution in [3.05, 3.63) is 63.1 Å². The van der Waals surface area contributed by atoms with Crippen molar-refractivity contribution in [3.63, 3.8) is 0 Å². The molecule has 0 saturated heterocycles. The van der Waals surface area contributed by atoms with Gasteiger partial charge < -0.3 is 4.74 Å². The molecular formula is C19H18BrClN2O. The standard InChI is InChI=1S/C19H18BrClN2O/c1-11(2)19-23-17(15-9-13(20)5-8-18(15)24-19)10-16(22-23)12-3-6-14(21)7-4-12/h3-9,11,17,19H,10H2,1-2H3/t17-,19-/m0/s1. The highest BCUT2D eigenvalue weighted by atomic mass is 79.9. The van der Waals surface area contributed by atoms with E-state index >= 15 is 0 Å². The quantitative estimate of drug-likeness (QED) is 0.647. The Morgan fingerprint density at radius 1 is 1.21 bits per heavy atom. The highest BCUT2D eigenvalue weighted by Gasteiger charge is 2.41. The van der Waals surface area contributed by atoms with Gasteiger partial charge in [0.1, 0.15) is 5.75 Å². The zero-order valence-corrected chi connectivity index (χ0v) is 15.9. The SMILES string of the molecule is CC(C)[C@@H]1Oc2ccc(Br)cc2[C@@H]2CC(c3ccc(Cl)cc3)=NN21. The van der Waals surface area contributed by atoms with Gasteiger partial charge in [0, 0.05) is 27.4 Å². The molecule has 0 N–H and O–H groups in total. The van der Waals surface area contributed by atoms with Gasteiger partial charge in [0.25, 0.3) is 0 Å². The average Bonchev–Trinajstić information content (AvgIpc) is 3.00. The van der Waals surface area contributed by atoms with E-state index in [-0.39, 0.29) is 12.3 Å². The van der Waals surface area contributed by atoms with E-state index in [2.05, 4.69) is 40.9 Å².